The number of hydrogen-bond donors (Lipinski definition) is 0. The molecule has 1 amide bonds. The molecule has 0 unspecified atom stereocenters. The van der Waals surface area contributed by atoms with Crippen LogP contribution in [0.25, 0.3) is 0 Å². The summed E-state index contributed by atoms with van der Waals surface area (Å²) >= 11 is 0. The van der Waals surface area contributed by atoms with Crippen molar-refractivity contribution < 1.29 is 52.2 Å². The number of carbonyl (C=O) groups is 2. The molecule has 37 heavy (non-hydrogen) atoms. The number of likely N-dealkylation sites (tertiary alicyclic amines) is 1. The number of ether oxygens (including phenoxy) is 9. The molecule has 0 aromatic carbocycles. The Balaban J connectivity index is 1.83. The number of carbonyl (C=O) groups excluding carboxylic acids is 2. The first-order valence-corrected chi connectivity index (χ1v) is 12.9. The molecular formula is C25H47NO11. The number of nitrogens with zero attached hydrogens (tertiary/aromatic N) is 1. The summed E-state index contributed by atoms with van der Waals surface area (Å²) in [4.78, 5) is 25.7. The normalized spacial score (nSPS) is 14.6. The van der Waals surface area contributed by atoms with Crippen LogP contribution in [0.2, 0.25) is 0 Å². The van der Waals surface area contributed by atoms with Gasteiger partial charge in [0.2, 0.25) is 0 Å². The van der Waals surface area contributed by atoms with Crippen LogP contribution in [-0.4, -0.2) is 135 Å². The van der Waals surface area contributed by atoms with Crippen molar-refractivity contribution >= 4 is 12.1 Å². The minimum Gasteiger partial charge on any atom is -0.461 e. The summed E-state index contributed by atoms with van der Waals surface area (Å²) in [6, 6.07) is 0. The third-order valence-electron chi connectivity index (χ3n) is 4.90. The predicted molar refractivity (Wildman–Crippen MR) is 134 cm³/mol. The van der Waals surface area contributed by atoms with E-state index in [0.29, 0.717) is 98.6 Å². The number of piperidine rings is 1. The molecule has 1 fully saturated rings. The topological polar surface area (TPSA) is 120 Å². The van der Waals surface area contributed by atoms with Gasteiger partial charge in [-0.25, -0.2) is 9.59 Å². The SMILES string of the molecule is COCCOCCOCCOCCOCCOCCOCC(=O)OC1CCN(C(=O)OC(C)(C)C)CC1. The molecule has 0 radical (unpaired) electrons. The van der Waals surface area contributed by atoms with Crippen molar-refractivity contribution in [2.45, 2.75) is 45.3 Å². The van der Waals surface area contributed by atoms with Gasteiger partial charge in [0.1, 0.15) is 18.3 Å². The van der Waals surface area contributed by atoms with Gasteiger partial charge < -0.3 is 47.5 Å². The molecular weight excluding hydrogens is 490 g/mol. The molecule has 0 aromatic rings. The van der Waals surface area contributed by atoms with Crippen LogP contribution in [0.5, 0.6) is 0 Å². The Hall–Kier alpha value is -1.54. The van der Waals surface area contributed by atoms with E-state index in [1.807, 2.05) is 20.8 Å². The summed E-state index contributed by atoms with van der Waals surface area (Å²) in [5.41, 5.74) is -0.527. The van der Waals surface area contributed by atoms with Crippen LogP contribution in [0.4, 0.5) is 4.79 Å². The second-order valence-corrected chi connectivity index (χ2v) is 9.26. The summed E-state index contributed by atoms with van der Waals surface area (Å²) in [5.74, 6) is -0.417. The second kappa shape index (κ2) is 21.4. The first-order valence-electron chi connectivity index (χ1n) is 12.9. The lowest BCUT2D eigenvalue weighted by molar-refractivity contribution is -0.156. The van der Waals surface area contributed by atoms with Crippen molar-refractivity contribution in [3.8, 4) is 0 Å². The molecule has 0 N–H and O–H groups in total. The molecule has 12 heteroatoms. The zero-order valence-corrected chi connectivity index (χ0v) is 23.0. The molecule has 218 valence electrons. The summed E-state index contributed by atoms with van der Waals surface area (Å²) in [6.07, 6.45) is 0.609. The van der Waals surface area contributed by atoms with Crippen molar-refractivity contribution in [1.29, 1.82) is 0 Å². The van der Waals surface area contributed by atoms with E-state index in [-0.39, 0.29) is 25.4 Å². The van der Waals surface area contributed by atoms with Crippen molar-refractivity contribution in [3.63, 3.8) is 0 Å². The highest BCUT2D eigenvalue weighted by molar-refractivity contribution is 5.71. The van der Waals surface area contributed by atoms with Gasteiger partial charge in [0.15, 0.2) is 0 Å². The standard InChI is InChI=1S/C25H47NO11/c1-25(2,3)37-24(28)26-7-5-22(6-8-26)36-23(27)21-35-20-19-34-18-17-33-16-15-32-14-13-31-12-11-30-10-9-29-4/h22H,5-21H2,1-4H3. The average molecular weight is 538 g/mol. The quantitative estimate of drug-likeness (QED) is 0.157. The van der Waals surface area contributed by atoms with Crippen molar-refractivity contribution in [2.75, 3.05) is 106 Å². The number of amides is 1. The average Bonchev–Trinajstić information content (AvgIpc) is 2.85. The fourth-order valence-electron chi connectivity index (χ4n) is 3.10. The maximum absolute atomic E-state index is 12.1. The third kappa shape index (κ3) is 20.1. The lowest BCUT2D eigenvalue weighted by Gasteiger charge is -2.33. The molecule has 0 atom stereocenters. The lowest BCUT2D eigenvalue weighted by atomic mass is 10.1. The van der Waals surface area contributed by atoms with Gasteiger partial charge in [0.25, 0.3) is 0 Å². The Morgan fingerprint density at radius 3 is 1.49 bits per heavy atom. The van der Waals surface area contributed by atoms with Crippen LogP contribution in [0.1, 0.15) is 33.6 Å². The highest BCUT2D eigenvalue weighted by Crippen LogP contribution is 2.17. The van der Waals surface area contributed by atoms with E-state index < -0.39 is 11.6 Å². The molecule has 0 spiro atoms. The fraction of sp³-hybridized carbons (Fsp3) is 0.920. The molecule has 0 saturated carbocycles. The summed E-state index contributed by atoms with van der Waals surface area (Å²) < 4.78 is 47.9. The summed E-state index contributed by atoms with van der Waals surface area (Å²) in [7, 11) is 1.64. The van der Waals surface area contributed by atoms with Gasteiger partial charge in [-0.1, -0.05) is 0 Å². The van der Waals surface area contributed by atoms with Crippen molar-refractivity contribution in [3.05, 3.63) is 0 Å². The predicted octanol–water partition coefficient (Wildman–Crippen LogP) is 1.68. The minimum absolute atomic E-state index is 0.131. The number of methoxy groups -OCH3 is 1. The van der Waals surface area contributed by atoms with Gasteiger partial charge in [-0.2, -0.15) is 0 Å². The smallest absolute Gasteiger partial charge is 0.410 e. The molecule has 12 nitrogen and oxygen atoms in total. The van der Waals surface area contributed by atoms with Gasteiger partial charge >= 0.3 is 12.1 Å². The van der Waals surface area contributed by atoms with Crippen molar-refractivity contribution in [2.24, 2.45) is 0 Å². The van der Waals surface area contributed by atoms with E-state index in [4.69, 9.17) is 42.6 Å². The number of esters is 1. The van der Waals surface area contributed by atoms with E-state index >= 15 is 0 Å². The molecule has 0 aliphatic carbocycles. The monoisotopic (exact) mass is 537 g/mol. The molecule has 1 heterocycles. The Bertz CT molecular complexity index is 577. The highest BCUT2D eigenvalue weighted by atomic mass is 16.6. The van der Waals surface area contributed by atoms with Crippen LogP contribution in [-0.2, 0) is 47.4 Å². The van der Waals surface area contributed by atoms with Gasteiger partial charge in [-0.05, 0) is 20.8 Å². The van der Waals surface area contributed by atoms with Crippen LogP contribution < -0.4 is 0 Å². The van der Waals surface area contributed by atoms with Crippen LogP contribution >= 0.6 is 0 Å². The first-order chi connectivity index (χ1) is 17.8. The fourth-order valence-corrected chi connectivity index (χ4v) is 3.10. The van der Waals surface area contributed by atoms with Gasteiger partial charge in [-0.3, -0.25) is 0 Å². The molecule has 1 rings (SSSR count). The minimum atomic E-state index is -0.527. The van der Waals surface area contributed by atoms with Crippen LogP contribution in [0.3, 0.4) is 0 Å². The Labute approximate surface area is 221 Å². The maximum atomic E-state index is 12.1. The van der Waals surface area contributed by atoms with E-state index in [9.17, 15) is 9.59 Å². The second-order valence-electron chi connectivity index (χ2n) is 9.26. The Morgan fingerprint density at radius 2 is 1.08 bits per heavy atom. The van der Waals surface area contributed by atoms with E-state index in [1.165, 1.54) is 0 Å². The number of hydrogen-bond acceptors (Lipinski definition) is 11. The van der Waals surface area contributed by atoms with Crippen LogP contribution in [0, 0.1) is 0 Å². The van der Waals surface area contributed by atoms with E-state index in [0.717, 1.165) is 0 Å². The molecule has 1 aliphatic rings. The molecule has 1 saturated heterocycles. The zero-order chi connectivity index (χ0) is 27.2. The zero-order valence-electron chi connectivity index (χ0n) is 23.0. The van der Waals surface area contributed by atoms with Gasteiger partial charge in [-0.15, -0.1) is 0 Å². The lowest BCUT2D eigenvalue weighted by Crippen LogP contribution is -2.44. The Kier molecular flexibility index (Phi) is 19.4. The van der Waals surface area contributed by atoms with E-state index in [1.54, 1.807) is 12.0 Å². The first kappa shape index (κ1) is 33.5. The van der Waals surface area contributed by atoms with Gasteiger partial charge in [0.05, 0.1) is 79.3 Å². The molecule has 0 aromatic heterocycles. The van der Waals surface area contributed by atoms with Crippen LogP contribution in [0.15, 0.2) is 0 Å². The third-order valence-corrected chi connectivity index (χ3v) is 4.90. The van der Waals surface area contributed by atoms with Crippen molar-refractivity contribution in [1.82, 2.24) is 4.90 Å². The molecule has 0 bridgehead atoms. The molecule has 1 aliphatic heterocycles. The highest BCUT2D eigenvalue weighted by Gasteiger charge is 2.28. The van der Waals surface area contributed by atoms with Gasteiger partial charge in [0, 0.05) is 33.0 Å². The largest absolute Gasteiger partial charge is 0.461 e. The maximum Gasteiger partial charge on any atom is 0.410 e. The summed E-state index contributed by atoms with van der Waals surface area (Å²) in [5, 5.41) is 0. The Morgan fingerprint density at radius 1 is 0.676 bits per heavy atom. The van der Waals surface area contributed by atoms with E-state index in [2.05, 4.69) is 0 Å². The summed E-state index contributed by atoms with van der Waals surface area (Å²) in [6.45, 7) is 12.1. The number of rotatable bonds is 21.